The number of rotatable bonds is 13. The number of unbranched alkanes of at least 4 members (excludes halogenated alkanes) is 2. The molecule has 0 N–H and O–H groups in total. The van der Waals surface area contributed by atoms with Crippen molar-refractivity contribution in [2.45, 2.75) is 47.0 Å². The largest absolute Gasteiger partial charge is 0.432 e. The molecular weight excluding hydrogens is 411 g/mol. The van der Waals surface area contributed by atoms with Crippen molar-refractivity contribution < 1.29 is 21.6 Å². The Morgan fingerprint density at radius 1 is 1.15 bits per heavy atom. The number of benzene rings is 1. The standard InChI is InChI=1S/C17H29O5PS3/c1-5-7-10-13-26(18,19)22-17-12-9-8-11-16(17)21-23(24,20-6-2)25-14-15(3)4/h8-9,11-12,15H,5-7,10,13-14H2,1-4H3. The van der Waals surface area contributed by atoms with Gasteiger partial charge in [0.25, 0.3) is 5.69 Å². The summed E-state index contributed by atoms with van der Waals surface area (Å²) < 4.78 is 41.4. The maximum absolute atomic E-state index is 12.2. The molecule has 0 bridgehead atoms. The lowest BCUT2D eigenvalue weighted by molar-refractivity contribution is 0.341. The fraction of sp³-hybridized carbons (Fsp3) is 0.647. The highest BCUT2D eigenvalue weighted by Gasteiger charge is 2.25. The molecule has 0 aliphatic heterocycles. The quantitative estimate of drug-likeness (QED) is 0.224. The van der Waals surface area contributed by atoms with Crippen LogP contribution in [0.4, 0.5) is 0 Å². The van der Waals surface area contributed by atoms with Crippen LogP contribution in [0.1, 0.15) is 47.0 Å². The molecule has 150 valence electrons. The number of hydrogen-bond donors (Lipinski definition) is 0. The van der Waals surface area contributed by atoms with E-state index in [1.165, 1.54) is 11.4 Å². The van der Waals surface area contributed by atoms with Crippen LogP contribution in [0.5, 0.6) is 11.5 Å². The van der Waals surface area contributed by atoms with Crippen LogP contribution in [0.15, 0.2) is 24.3 Å². The number of hydrogen-bond acceptors (Lipinski definition) is 7. The van der Waals surface area contributed by atoms with E-state index in [2.05, 4.69) is 13.8 Å². The monoisotopic (exact) mass is 440 g/mol. The van der Waals surface area contributed by atoms with Crippen LogP contribution < -0.4 is 8.71 Å². The second-order valence-electron chi connectivity index (χ2n) is 6.14. The van der Waals surface area contributed by atoms with Crippen LogP contribution in [-0.4, -0.2) is 26.5 Å². The first kappa shape index (κ1) is 23.8. The average molecular weight is 441 g/mol. The molecule has 0 saturated heterocycles. The average Bonchev–Trinajstić information content (AvgIpc) is 2.55. The predicted molar refractivity (Wildman–Crippen MR) is 114 cm³/mol. The van der Waals surface area contributed by atoms with Crippen molar-refractivity contribution in [2.75, 3.05) is 18.1 Å². The van der Waals surface area contributed by atoms with Gasteiger partial charge in [0.05, 0.1) is 12.4 Å². The zero-order chi connectivity index (χ0) is 19.6. The summed E-state index contributed by atoms with van der Waals surface area (Å²) in [6, 6.07) is 6.69. The van der Waals surface area contributed by atoms with Crippen LogP contribution in [0, 0.1) is 5.92 Å². The van der Waals surface area contributed by atoms with Crippen molar-refractivity contribution in [2.24, 2.45) is 5.92 Å². The van der Waals surface area contributed by atoms with Crippen LogP contribution in [0.2, 0.25) is 0 Å². The van der Waals surface area contributed by atoms with Crippen LogP contribution >= 0.6 is 17.1 Å². The molecule has 5 nitrogen and oxygen atoms in total. The van der Waals surface area contributed by atoms with Gasteiger partial charge in [-0.15, -0.1) is 0 Å². The molecule has 0 aliphatic rings. The highest BCUT2D eigenvalue weighted by molar-refractivity contribution is 8.68. The SMILES string of the molecule is CCCCCS(=O)(=O)Oc1ccccc1OP(=S)(OCC)SCC(C)C. The first-order valence-electron chi connectivity index (χ1n) is 8.81. The first-order chi connectivity index (χ1) is 12.2. The Bertz CT molecular complexity index is 691. The number of para-hydroxylation sites is 2. The van der Waals surface area contributed by atoms with E-state index in [0.29, 0.717) is 24.7 Å². The van der Waals surface area contributed by atoms with Gasteiger partial charge in [0.15, 0.2) is 11.5 Å². The summed E-state index contributed by atoms with van der Waals surface area (Å²) in [4.78, 5) is 0. The Balaban J connectivity index is 2.94. The minimum absolute atomic E-state index is 0.0170. The third-order valence-corrected chi connectivity index (χ3v) is 9.90. The molecular formula is C17H29O5PS3. The van der Waals surface area contributed by atoms with Crippen LogP contribution in [0.3, 0.4) is 0 Å². The summed E-state index contributed by atoms with van der Waals surface area (Å²) in [5.41, 5.74) is -2.64. The van der Waals surface area contributed by atoms with Gasteiger partial charge in [0.2, 0.25) is 0 Å². The summed E-state index contributed by atoms with van der Waals surface area (Å²) in [5.74, 6) is 1.69. The Morgan fingerprint density at radius 2 is 1.81 bits per heavy atom. The maximum atomic E-state index is 12.2. The normalized spacial score (nSPS) is 14.2. The van der Waals surface area contributed by atoms with E-state index < -0.39 is 15.8 Å². The van der Waals surface area contributed by atoms with E-state index in [1.807, 2.05) is 13.8 Å². The van der Waals surface area contributed by atoms with Crippen LogP contribution in [0.25, 0.3) is 0 Å². The molecule has 1 rings (SSSR count). The van der Waals surface area contributed by atoms with Crippen LogP contribution in [-0.2, 0) is 26.4 Å². The molecule has 0 heterocycles. The minimum atomic E-state index is -3.67. The smallest absolute Gasteiger partial charge is 0.309 e. The van der Waals surface area contributed by atoms with E-state index >= 15 is 0 Å². The van der Waals surface area contributed by atoms with Gasteiger partial charge in [-0.05, 0) is 43.2 Å². The zero-order valence-corrected chi connectivity index (χ0v) is 19.2. The van der Waals surface area contributed by atoms with Gasteiger partial charge < -0.3 is 13.2 Å². The van der Waals surface area contributed by atoms with Crippen molar-refractivity contribution in [1.29, 1.82) is 0 Å². The molecule has 0 spiro atoms. The topological polar surface area (TPSA) is 61.8 Å². The van der Waals surface area contributed by atoms with E-state index in [9.17, 15) is 8.42 Å². The first-order valence-corrected chi connectivity index (χ1v) is 14.6. The summed E-state index contributed by atoms with van der Waals surface area (Å²) >= 11 is 7.08. The van der Waals surface area contributed by atoms with Gasteiger partial charge in [0, 0.05) is 5.75 Å². The van der Waals surface area contributed by atoms with Gasteiger partial charge in [-0.1, -0.05) is 57.1 Å². The molecule has 9 heteroatoms. The fourth-order valence-corrected chi connectivity index (χ4v) is 7.82. The molecule has 0 radical (unpaired) electrons. The van der Waals surface area contributed by atoms with E-state index in [4.69, 9.17) is 25.0 Å². The third-order valence-electron chi connectivity index (χ3n) is 3.13. The molecule has 1 aromatic carbocycles. The van der Waals surface area contributed by atoms with Crippen molar-refractivity contribution >= 4 is 39.0 Å². The van der Waals surface area contributed by atoms with Gasteiger partial charge >= 0.3 is 10.1 Å². The van der Waals surface area contributed by atoms with Gasteiger partial charge in [-0.25, -0.2) is 0 Å². The lowest BCUT2D eigenvalue weighted by Gasteiger charge is -2.23. The van der Waals surface area contributed by atoms with Gasteiger partial charge in [0.1, 0.15) is 0 Å². The molecule has 0 saturated carbocycles. The summed E-state index contributed by atoms with van der Waals surface area (Å²) in [7, 11) is -3.67. The second-order valence-corrected chi connectivity index (χ2v) is 14.1. The second kappa shape index (κ2) is 11.5. The molecule has 1 aromatic rings. The molecule has 26 heavy (non-hydrogen) atoms. The Morgan fingerprint density at radius 3 is 2.38 bits per heavy atom. The van der Waals surface area contributed by atoms with Crippen molar-refractivity contribution in [1.82, 2.24) is 0 Å². The minimum Gasteiger partial charge on any atom is -0.432 e. The maximum Gasteiger partial charge on any atom is 0.309 e. The Hall–Kier alpha value is -0.270. The molecule has 1 atom stereocenters. The highest BCUT2D eigenvalue weighted by Crippen LogP contribution is 2.61. The fourth-order valence-electron chi connectivity index (χ4n) is 1.91. The predicted octanol–water partition coefficient (Wildman–Crippen LogP) is 5.61. The lowest BCUT2D eigenvalue weighted by Crippen LogP contribution is -2.14. The lowest BCUT2D eigenvalue weighted by atomic mass is 10.3. The van der Waals surface area contributed by atoms with Gasteiger partial charge in [-0.2, -0.15) is 8.42 Å². The van der Waals surface area contributed by atoms with Crippen molar-refractivity contribution in [3.63, 3.8) is 0 Å². The molecule has 0 aromatic heterocycles. The van der Waals surface area contributed by atoms with Crippen molar-refractivity contribution in [3.8, 4) is 11.5 Å². The molecule has 1 unspecified atom stereocenters. The highest BCUT2D eigenvalue weighted by atomic mass is 32.9. The Labute approximate surface area is 167 Å². The molecule has 0 fully saturated rings. The third kappa shape index (κ3) is 9.09. The van der Waals surface area contributed by atoms with E-state index in [0.717, 1.165) is 18.6 Å². The zero-order valence-electron chi connectivity index (χ0n) is 15.8. The van der Waals surface area contributed by atoms with E-state index in [-0.39, 0.29) is 11.5 Å². The Kier molecular flexibility index (Phi) is 10.6. The van der Waals surface area contributed by atoms with Crippen molar-refractivity contribution in [3.05, 3.63) is 24.3 Å². The summed E-state index contributed by atoms with van der Waals surface area (Å²) in [6.45, 7) is 8.50. The molecule has 0 aliphatic carbocycles. The molecule has 0 amide bonds. The van der Waals surface area contributed by atoms with Gasteiger partial charge in [-0.3, -0.25) is 0 Å². The summed E-state index contributed by atoms with van der Waals surface area (Å²) in [6.07, 6.45) is 2.36. The summed E-state index contributed by atoms with van der Waals surface area (Å²) in [5, 5.41) is 0. The van der Waals surface area contributed by atoms with E-state index in [1.54, 1.807) is 24.3 Å².